The van der Waals surface area contributed by atoms with Crippen LogP contribution in [-0.2, 0) is 4.79 Å². The first-order valence-electron chi connectivity index (χ1n) is 7.26. The lowest BCUT2D eigenvalue weighted by atomic mass is 10.1. The van der Waals surface area contributed by atoms with E-state index in [4.69, 9.17) is 10.00 Å². The number of carbonyl (C=O) groups excluding carboxylic acids is 1. The van der Waals surface area contributed by atoms with Crippen molar-refractivity contribution in [2.75, 3.05) is 13.7 Å². The minimum atomic E-state index is -0.333. The van der Waals surface area contributed by atoms with Crippen LogP contribution < -0.4 is 10.1 Å². The van der Waals surface area contributed by atoms with Crippen molar-refractivity contribution in [3.63, 3.8) is 0 Å². The second-order valence-corrected chi connectivity index (χ2v) is 4.73. The number of para-hydroxylation sites is 1. The number of carbonyl (C=O) groups is 1. The number of nitrogens with zero attached hydrogens (tertiary/aromatic N) is 1. The number of unbranched alkanes of at least 4 members (excludes halogenated alkanes) is 3. The average molecular weight is 286 g/mol. The van der Waals surface area contributed by atoms with Gasteiger partial charge in [-0.25, -0.2) is 0 Å². The zero-order valence-electron chi connectivity index (χ0n) is 12.7. The number of nitriles is 1. The zero-order valence-corrected chi connectivity index (χ0v) is 12.7. The van der Waals surface area contributed by atoms with Crippen LogP contribution in [-0.4, -0.2) is 19.6 Å². The highest BCUT2D eigenvalue weighted by molar-refractivity contribution is 6.01. The molecule has 0 bridgehead atoms. The summed E-state index contributed by atoms with van der Waals surface area (Å²) in [7, 11) is 1.56. The summed E-state index contributed by atoms with van der Waals surface area (Å²) in [6, 6.07) is 9.24. The predicted molar refractivity (Wildman–Crippen MR) is 83.7 cm³/mol. The first kappa shape index (κ1) is 16.8. The minimum Gasteiger partial charge on any atom is -0.496 e. The summed E-state index contributed by atoms with van der Waals surface area (Å²) in [5.74, 6) is 0.306. The molecule has 0 aliphatic rings. The van der Waals surface area contributed by atoms with Crippen molar-refractivity contribution in [2.45, 2.75) is 32.6 Å². The van der Waals surface area contributed by atoms with Crippen LogP contribution >= 0.6 is 0 Å². The molecule has 0 atom stereocenters. The standard InChI is InChI=1S/C17H22N2O2/c1-3-4-5-8-11-19-17(20)15(13-18)12-14-9-6-7-10-16(14)21-2/h6-7,9-10,12H,3-5,8,11H2,1-2H3,(H,19,20). The maximum Gasteiger partial charge on any atom is 0.261 e. The molecule has 0 radical (unpaired) electrons. The van der Waals surface area contributed by atoms with Crippen molar-refractivity contribution in [1.82, 2.24) is 5.32 Å². The Morgan fingerprint density at radius 1 is 1.33 bits per heavy atom. The van der Waals surface area contributed by atoms with Gasteiger partial charge in [0.05, 0.1) is 7.11 Å². The topological polar surface area (TPSA) is 62.1 Å². The Morgan fingerprint density at radius 2 is 2.10 bits per heavy atom. The van der Waals surface area contributed by atoms with Gasteiger partial charge in [0.25, 0.3) is 5.91 Å². The lowest BCUT2D eigenvalue weighted by molar-refractivity contribution is -0.117. The summed E-state index contributed by atoms with van der Waals surface area (Å²) in [4.78, 5) is 12.0. The third-order valence-corrected chi connectivity index (χ3v) is 3.12. The fourth-order valence-corrected chi connectivity index (χ4v) is 1.94. The lowest BCUT2D eigenvalue weighted by Gasteiger charge is -2.06. The van der Waals surface area contributed by atoms with Gasteiger partial charge < -0.3 is 10.1 Å². The van der Waals surface area contributed by atoms with Gasteiger partial charge in [-0.05, 0) is 18.6 Å². The average Bonchev–Trinajstić information content (AvgIpc) is 2.52. The van der Waals surface area contributed by atoms with E-state index < -0.39 is 0 Å². The quantitative estimate of drug-likeness (QED) is 0.453. The molecular formula is C17H22N2O2. The summed E-state index contributed by atoms with van der Waals surface area (Å²) in [5, 5.41) is 11.9. The number of ether oxygens (including phenoxy) is 1. The second kappa shape index (κ2) is 9.60. The Balaban J connectivity index is 2.67. The van der Waals surface area contributed by atoms with Crippen molar-refractivity contribution in [3.05, 3.63) is 35.4 Å². The van der Waals surface area contributed by atoms with Crippen molar-refractivity contribution >= 4 is 12.0 Å². The van der Waals surface area contributed by atoms with Gasteiger partial charge in [-0.1, -0.05) is 44.4 Å². The SMILES string of the molecule is CCCCCCNC(=O)C(C#N)=Cc1ccccc1OC. The monoisotopic (exact) mass is 286 g/mol. The molecule has 1 aromatic carbocycles. The molecule has 0 aliphatic carbocycles. The number of hydrogen-bond donors (Lipinski definition) is 1. The molecule has 4 nitrogen and oxygen atoms in total. The minimum absolute atomic E-state index is 0.0926. The molecule has 112 valence electrons. The molecule has 1 N–H and O–H groups in total. The molecule has 0 aromatic heterocycles. The third-order valence-electron chi connectivity index (χ3n) is 3.12. The smallest absolute Gasteiger partial charge is 0.261 e. The molecular weight excluding hydrogens is 264 g/mol. The van der Waals surface area contributed by atoms with E-state index in [2.05, 4.69) is 12.2 Å². The molecule has 0 fully saturated rings. The molecule has 0 unspecified atom stereocenters. The highest BCUT2D eigenvalue weighted by Gasteiger charge is 2.09. The van der Waals surface area contributed by atoms with E-state index in [1.165, 1.54) is 0 Å². The van der Waals surface area contributed by atoms with Gasteiger partial charge in [-0.2, -0.15) is 5.26 Å². The normalized spacial score (nSPS) is 10.8. The number of amides is 1. The van der Waals surface area contributed by atoms with Crippen LogP contribution in [0.5, 0.6) is 5.75 Å². The highest BCUT2D eigenvalue weighted by Crippen LogP contribution is 2.20. The Hall–Kier alpha value is -2.28. The van der Waals surface area contributed by atoms with E-state index >= 15 is 0 Å². The fraction of sp³-hybridized carbons (Fsp3) is 0.412. The Bertz CT molecular complexity index is 530. The van der Waals surface area contributed by atoms with Gasteiger partial charge in [0.15, 0.2) is 0 Å². The highest BCUT2D eigenvalue weighted by atomic mass is 16.5. The van der Waals surface area contributed by atoms with Gasteiger partial charge in [0.2, 0.25) is 0 Å². The first-order valence-corrected chi connectivity index (χ1v) is 7.26. The molecule has 0 spiro atoms. The van der Waals surface area contributed by atoms with Crippen molar-refractivity contribution < 1.29 is 9.53 Å². The van der Waals surface area contributed by atoms with E-state index in [-0.39, 0.29) is 11.5 Å². The largest absolute Gasteiger partial charge is 0.496 e. The van der Waals surface area contributed by atoms with Gasteiger partial charge in [0, 0.05) is 12.1 Å². The predicted octanol–water partition coefficient (Wildman–Crippen LogP) is 3.30. The van der Waals surface area contributed by atoms with Crippen LogP contribution in [0.25, 0.3) is 6.08 Å². The molecule has 1 aromatic rings. The number of methoxy groups -OCH3 is 1. The van der Waals surface area contributed by atoms with Crippen LogP contribution in [0, 0.1) is 11.3 Å². The van der Waals surface area contributed by atoms with E-state index in [0.29, 0.717) is 12.3 Å². The summed E-state index contributed by atoms with van der Waals surface area (Å²) in [6.45, 7) is 2.74. The van der Waals surface area contributed by atoms with E-state index in [9.17, 15) is 4.79 Å². The van der Waals surface area contributed by atoms with Crippen molar-refractivity contribution in [2.24, 2.45) is 0 Å². The Morgan fingerprint density at radius 3 is 2.76 bits per heavy atom. The van der Waals surface area contributed by atoms with Gasteiger partial charge in [0.1, 0.15) is 17.4 Å². The van der Waals surface area contributed by atoms with Crippen molar-refractivity contribution in [3.8, 4) is 11.8 Å². The lowest BCUT2D eigenvalue weighted by Crippen LogP contribution is -2.25. The maximum absolute atomic E-state index is 12.0. The number of nitrogens with one attached hydrogen (secondary N) is 1. The molecule has 1 amide bonds. The second-order valence-electron chi connectivity index (χ2n) is 4.73. The van der Waals surface area contributed by atoms with Gasteiger partial charge in [-0.3, -0.25) is 4.79 Å². The van der Waals surface area contributed by atoms with Gasteiger partial charge in [-0.15, -0.1) is 0 Å². The summed E-state index contributed by atoms with van der Waals surface area (Å²) >= 11 is 0. The number of rotatable bonds is 8. The third kappa shape index (κ3) is 5.70. The first-order chi connectivity index (χ1) is 10.2. The summed E-state index contributed by atoms with van der Waals surface area (Å²) in [6.07, 6.45) is 5.91. The van der Waals surface area contributed by atoms with E-state index in [0.717, 1.165) is 31.2 Å². The van der Waals surface area contributed by atoms with Crippen LogP contribution in [0.3, 0.4) is 0 Å². The number of benzene rings is 1. The van der Waals surface area contributed by atoms with Crippen LogP contribution in [0.2, 0.25) is 0 Å². The van der Waals surface area contributed by atoms with Gasteiger partial charge >= 0.3 is 0 Å². The molecule has 4 heteroatoms. The zero-order chi connectivity index (χ0) is 15.5. The molecule has 0 saturated heterocycles. The summed E-state index contributed by atoms with van der Waals surface area (Å²) in [5.41, 5.74) is 0.813. The molecule has 0 heterocycles. The van der Waals surface area contributed by atoms with Crippen molar-refractivity contribution in [1.29, 1.82) is 5.26 Å². The number of hydrogen-bond acceptors (Lipinski definition) is 3. The molecule has 1 rings (SSSR count). The molecule has 21 heavy (non-hydrogen) atoms. The van der Waals surface area contributed by atoms with Crippen LogP contribution in [0.15, 0.2) is 29.8 Å². The van der Waals surface area contributed by atoms with Crippen LogP contribution in [0.1, 0.15) is 38.2 Å². The molecule has 0 aliphatic heterocycles. The summed E-state index contributed by atoms with van der Waals surface area (Å²) < 4.78 is 5.21. The van der Waals surface area contributed by atoms with E-state index in [1.807, 2.05) is 24.3 Å². The Labute approximate surface area is 126 Å². The maximum atomic E-state index is 12.0. The molecule has 0 saturated carbocycles. The Kier molecular flexibility index (Phi) is 7.67. The van der Waals surface area contributed by atoms with E-state index in [1.54, 1.807) is 19.3 Å². The fourth-order valence-electron chi connectivity index (χ4n) is 1.94. The van der Waals surface area contributed by atoms with Crippen LogP contribution in [0.4, 0.5) is 0 Å².